The zero-order valence-corrected chi connectivity index (χ0v) is 15.4. The van der Waals surface area contributed by atoms with Crippen molar-refractivity contribution in [1.82, 2.24) is 9.78 Å². The number of hydrogen-bond acceptors (Lipinski definition) is 5. The Hall–Kier alpha value is -2.06. The summed E-state index contributed by atoms with van der Waals surface area (Å²) in [7, 11) is -1.60. The maximum Gasteiger partial charge on any atom is 0.260 e. The quantitative estimate of drug-likeness (QED) is 0.875. The van der Waals surface area contributed by atoms with E-state index in [0.29, 0.717) is 34.3 Å². The van der Waals surface area contributed by atoms with Gasteiger partial charge in [0.05, 0.1) is 35.9 Å². The summed E-state index contributed by atoms with van der Waals surface area (Å²) < 4.78 is 30.3. The molecule has 25 heavy (non-hydrogen) atoms. The molecule has 1 aromatic heterocycles. The van der Waals surface area contributed by atoms with Crippen molar-refractivity contribution in [2.24, 2.45) is 0 Å². The second-order valence-electron chi connectivity index (χ2n) is 5.97. The lowest BCUT2D eigenvalue weighted by Gasteiger charge is -2.14. The van der Waals surface area contributed by atoms with Crippen LogP contribution in [0.3, 0.4) is 0 Å². The van der Waals surface area contributed by atoms with Crippen molar-refractivity contribution in [2.75, 3.05) is 23.9 Å². The fourth-order valence-electron chi connectivity index (χ4n) is 2.89. The highest BCUT2D eigenvalue weighted by atomic mass is 35.5. The van der Waals surface area contributed by atoms with Gasteiger partial charge in [-0.3, -0.25) is 4.79 Å². The molecule has 0 spiro atoms. The first-order valence-electron chi connectivity index (χ1n) is 7.70. The zero-order valence-electron chi connectivity index (χ0n) is 13.8. The molecule has 1 aromatic carbocycles. The molecule has 9 heteroatoms. The molecular formula is C16H18ClN3O4S. The minimum absolute atomic E-state index is 0.0290. The fraction of sp³-hybridized carbons (Fsp3) is 0.375. The lowest BCUT2D eigenvalue weighted by molar-refractivity contribution is 0.102. The van der Waals surface area contributed by atoms with Crippen LogP contribution in [-0.2, 0) is 9.84 Å². The highest BCUT2D eigenvalue weighted by molar-refractivity contribution is 7.91. The Balaban J connectivity index is 1.88. The molecule has 1 saturated heterocycles. The van der Waals surface area contributed by atoms with Crippen LogP contribution >= 0.6 is 11.6 Å². The summed E-state index contributed by atoms with van der Waals surface area (Å²) in [5.41, 5.74) is 1.03. The number of rotatable bonds is 4. The van der Waals surface area contributed by atoms with Crippen LogP contribution in [-0.4, -0.2) is 42.7 Å². The number of carbonyl (C=O) groups is 1. The lowest BCUT2D eigenvalue weighted by atomic mass is 10.2. The van der Waals surface area contributed by atoms with Gasteiger partial charge in [-0.2, -0.15) is 5.10 Å². The monoisotopic (exact) mass is 383 g/mol. The maximum absolute atomic E-state index is 12.6. The van der Waals surface area contributed by atoms with E-state index < -0.39 is 9.84 Å². The van der Waals surface area contributed by atoms with Crippen LogP contribution in [0.15, 0.2) is 24.3 Å². The summed E-state index contributed by atoms with van der Waals surface area (Å²) in [6.45, 7) is 1.79. The van der Waals surface area contributed by atoms with Crippen LogP contribution in [0.25, 0.3) is 0 Å². The Kier molecular flexibility index (Phi) is 4.75. The number of ether oxygens (including phenoxy) is 1. The summed E-state index contributed by atoms with van der Waals surface area (Å²) in [6, 6.07) is 6.17. The molecule has 1 amide bonds. The van der Waals surface area contributed by atoms with E-state index in [0.717, 1.165) is 0 Å². The number of benzene rings is 1. The first-order chi connectivity index (χ1) is 11.8. The summed E-state index contributed by atoms with van der Waals surface area (Å²) in [5, 5.41) is 7.60. The van der Waals surface area contributed by atoms with Crippen LogP contribution in [0.5, 0.6) is 5.75 Å². The van der Waals surface area contributed by atoms with E-state index in [9.17, 15) is 13.2 Å². The normalized spacial score (nSPS) is 18.9. The van der Waals surface area contributed by atoms with Gasteiger partial charge >= 0.3 is 0 Å². The molecule has 1 aliphatic rings. The SMILES string of the molecule is COc1cc(Cl)ccc1C(=O)Nc1cc(C)nn1[C@@H]1CCS(=O)(=O)C1. The second kappa shape index (κ2) is 6.68. The number of hydrogen-bond donors (Lipinski definition) is 1. The molecule has 7 nitrogen and oxygen atoms in total. The summed E-state index contributed by atoms with van der Waals surface area (Å²) in [5.74, 6) is 0.601. The van der Waals surface area contributed by atoms with Crippen molar-refractivity contribution < 1.29 is 17.9 Å². The minimum atomic E-state index is -3.06. The van der Waals surface area contributed by atoms with Gasteiger partial charge in [0, 0.05) is 11.1 Å². The Morgan fingerprint density at radius 1 is 1.40 bits per heavy atom. The highest BCUT2D eigenvalue weighted by Gasteiger charge is 2.31. The summed E-state index contributed by atoms with van der Waals surface area (Å²) in [6.07, 6.45) is 0.483. The average molecular weight is 384 g/mol. The van der Waals surface area contributed by atoms with E-state index in [-0.39, 0.29) is 23.5 Å². The van der Waals surface area contributed by atoms with E-state index in [1.165, 1.54) is 7.11 Å². The average Bonchev–Trinajstić information content (AvgIpc) is 3.08. The number of sulfone groups is 1. The zero-order chi connectivity index (χ0) is 18.2. The Morgan fingerprint density at radius 2 is 2.16 bits per heavy atom. The Bertz CT molecular complexity index is 923. The molecule has 0 radical (unpaired) electrons. The number of nitrogens with one attached hydrogen (secondary N) is 1. The number of amides is 1. The van der Waals surface area contributed by atoms with Crippen molar-refractivity contribution in [2.45, 2.75) is 19.4 Å². The predicted molar refractivity (Wildman–Crippen MR) is 95.2 cm³/mol. The first-order valence-corrected chi connectivity index (χ1v) is 9.90. The van der Waals surface area contributed by atoms with Crippen molar-refractivity contribution in [3.05, 3.63) is 40.5 Å². The molecule has 134 valence electrons. The molecule has 1 atom stereocenters. The Morgan fingerprint density at radius 3 is 2.80 bits per heavy atom. The van der Waals surface area contributed by atoms with Gasteiger partial charge in [-0.05, 0) is 31.5 Å². The van der Waals surface area contributed by atoms with Crippen LogP contribution < -0.4 is 10.1 Å². The molecular weight excluding hydrogens is 366 g/mol. The van der Waals surface area contributed by atoms with Crippen LogP contribution in [0.2, 0.25) is 5.02 Å². The topological polar surface area (TPSA) is 90.3 Å². The molecule has 1 N–H and O–H groups in total. The van der Waals surface area contributed by atoms with E-state index >= 15 is 0 Å². The van der Waals surface area contributed by atoms with Crippen LogP contribution in [0.1, 0.15) is 28.5 Å². The summed E-state index contributed by atoms with van der Waals surface area (Å²) in [4.78, 5) is 12.6. The van der Waals surface area contributed by atoms with Gasteiger partial charge in [0.15, 0.2) is 9.84 Å². The second-order valence-corrected chi connectivity index (χ2v) is 8.64. The van der Waals surface area contributed by atoms with Gasteiger partial charge in [0.25, 0.3) is 5.91 Å². The predicted octanol–water partition coefficient (Wildman–Crippen LogP) is 2.47. The third-order valence-electron chi connectivity index (χ3n) is 4.06. The number of aromatic nitrogens is 2. The highest BCUT2D eigenvalue weighted by Crippen LogP contribution is 2.28. The van der Waals surface area contributed by atoms with E-state index in [4.69, 9.17) is 16.3 Å². The van der Waals surface area contributed by atoms with Gasteiger partial charge in [-0.1, -0.05) is 11.6 Å². The van der Waals surface area contributed by atoms with Gasteiger partial charge in [-0.25, -0.2) is 13.1 Å². The van der Waals surface area contributed by atoms with Crippen molar-refractivity contribution >= 4 is 33.2 Å². The molecule has 2 heterocycles. The number of methoxy groups -OCH3 is 1. The summed E-state index contributed by atoms with van der Waals surface area (Å²) >= 11 is 5.92. The molecule has 1 fully saturated rings. The molecule has 0 aliphatic carbocycles. The molecule has 3 rings (SSSR count). The maximum atomic E-state index is 12.6. The van der Waals surface area contributed by atoms with Crippen molar-refractivity contribution in [1.29, 1.82) is 0 Å². The van der Waals surface area contributed by atoms with Crippen molar-refractivity contribution in [3.63, 3.8) is 0 Å². The Labute approximate surface area is 150 Å². The molecule has 0 bridgehead atoms. The smallest absolute Gasteiger partial charge is 0.260 e. The van der Waals surface area contributed by atoms with E-state index in [1.54, 1.807) is 35.9 Å². The third kappa shape index (κ3) is 3.80. The molecule has 1 aliphatic heterocycles. The van der Waals surface area contributed by atoms with Crippen LogP contribution in [0.4, 0.5) is 5.82 Å². The molecule has 2 aromatic rings. The fourth-order valence-corrected chi connectivity index (χ4v) is 4.75. The largest absolute Gasteiger partial charge is 0.496 e. The number of anilines is 1. The number of nitrogens with zero attached hydrogens (tertiary/aromatic N) is 2. The number of aryl methyl sites for hydroxylation is 1. The molecule has 0 unspecified atom stereocenters. The van der Waals surface area contributed by atoms with Gasteiger partial charge in [0.2, 0.25) is 0 Å². The first kappa shape index (κ1) is 17.8. The minimum Gasteiger partial charge on any atom is -0.496 e. The van der Waals surface area contributed by atoms with Crippen LogP contribution in [0, 0.1) is 6.92 Å². The third-order valence-corrected chi connectivity index (χ3v) is 6.05. The lowest BCUT2D eigenvalue weighted by Crippen LogP contribution is -2.20. The van der Waals surface area contributed by atoms with Gasteiger partial charge in [-0.15, -0.1) is 0 Å². The molecule has 0 saturated carbocycles. The van der Waals surface area contributed by atoms with Gasteiger partial charge < -0.3 is 10.1 Å². The standard InChI is InChI=1S/C16H18ClN3O4S/c1-10-7-15(20(19-10)12-5-6-25(22,23)9-12)18-16(21)13-4-3-11(17)8-14(13)24-2/h3-4,7-8,12H,5-6,9H2,1-2H3,(H,18,21)/t12-/m1/s1. The van der Waals surface area contributed by atoms with Gasteiger partial charge in [0.1, 0.15) is 11.6 Å². The number of carbonyl (C=O) groups excluding carboxylic acids is 1. The van der Waals surface area contributed by atoms with E-state index in [1.807, 2.05) is 0 Å². The van der Waals surface area contributed by atoms with Crippen molar-refractivity contribution in [3.8, 4) is 5.75 Å². The number of halogens is 1. The van der Waals surface area contributed by atoms with E-state index in [2.05, 4.69) is 10.4 Å².